The second-order valence-corrected chi connectivity index (χ2v) is 3.00. The second-order valence-electron chi connectivity index (χ2n) is 3.00. The summed E-state index contributed by atoms with van der Waals surface area (Å²) in [6.07, 6.45) is 0. The van der Waals surface area contributed by atoms with Crippen LogP contribution in [0.2, 0.25) is 0 Å². The lowest BCUT2D eigenvalue weighted by molar-refractivity contribution is 0.955. The minimum Gasteiger partial charge on any atom is -0.307 e. The van der Waals surface area contributed by atoms with Crippen LogP contribution in [0.25, 0.3) is 11.0 Å². The second kappa shape index (κ2) is 2.04. The van der Waals surface area contributed by atoms with E-state index in [0.29, 0.717) is 6.04 Å². The maximum absolute atomic E-state index is 4.10. The molecule has 0 amide bonds. The molecule has 0 aliphatic carbocycles. The molecule has 2 N–H and O–H groups in total. The Morgan fingerprint density at radius 1 is 1.33 bits per heavy atom. The fraction of sp³-hybridized carbons (Fsp3) is 0.250. The molecule has 12 heavy (non-hydrogen) atoms. The molecule has 2 heterocycles. The first-order chi connectivity index (χ1) is 5.95. The van der Waals surface area contributed by atoms with Crippen molar-refractivity contribution in [3.05, 3.63) is 23.8 Å². The first-order valence-corrected chi connectivity index (χ1v) is 3.98. The molecule has 1 unspecified atom stereocenters. The minimum atomic E-state index is 0.499. The number of nitrogens with one attached hydrogen (secondary N) is 2. The lowest BCUT2D eigenvalue weighted by Gasteiger charge is -1.94. The van der Waals surface area contributed by atoms with E-state index in [1.54, 1.807) is 0 Å². The normalized spacial score (nSPS) is 21.5. The highest BCUT2D eigenvalue weighted by Gasteiger charge is 2.24. The number of para-hydroxylation sites is 1. The molecule has 1 aromatic heterocycles. The van der Waals surface area contributed by atoms with E-state index < -0.39 is 0 Å². The van der Waals surface area contributed by atoms with Crippen molar-refractivity contribution in [1.82, 2.24) is 20.7 Å². The monoisotopic (exact) mass is 160 g/mol. The van der Waals surface area contributed by atoms with Gasteiger partial charge in [-0.1, -0.05) is 12.1 Å². The van der Waals surface area contributed by atoms with Gasteiger partial charge in [-0.3, -0.25) is 0 Å². The van der Waals surface area contributed by atoms with E-state index in [1.165, 1.54) is 5.56 Å². The standard InChI is InChI=1S/C8H8N4/c1-2-5(7-4-9-7)8-6(3-1)10-12-11-8/h1-3,7,9H,4H2,(H,10,11,12). The summed E-state index contributed by atoms with van der Waals surface area (Å²) < 4.78 is 0. The molecule has 1 saturated heterocycles. The summed E-state index contributed by atoms with van der Waals surface area (Å²) in [5.41, 5.74) is 3.19. The number of rotatable bonds is 1. The zero-order valence-corrected chi connectivity index (χ0v) is 6.41. The van der Waals surface area contributed by atoms with Crippen LogP contribution in [0.5, 0.6) is 0 Å². The predicted octanol–water partition coefficient (Wildman–Crippen LogP) is 0.602. The molecule has 60 valence electrons. The highest BCUT2D eigenvalue weighted by molar-refractivity contribution is 5.78. The zero-order chi connectivity index (χ0) is 7.97. The van der Waals surface area contributed by atoms with E-state index in [-0.39, 0.29) is 0 Å². The Labute approximate surface area is 69.0 Å². The van der Waals surface area contributed by atoms with Gasteiger partial charge in [-0.25, -0.2) is 0 Å². The van der Waals surface area contributed by atoms with E-state index >= 15 is 0 Å². The number of aromatic amines is 1. The Bertz CT molecular complexity index is 416. The molecule has 0 spiro atoms. The van der Waals surface area contributed by atoms with Gasteiger partial charge >= 0.3 is 0 Å². The van der Waals surface area contributed by atoms with Gasteiger partial charge in [0.1, 0.15) is 11.0 Å². The third-order valence-electron chi connectivity index (χ3n) is 2.16. The van der Waals surface area contributed by atoms with Crippen LogP contribution in [-0.2, 0) is 0 Å². The zero-order valence-electron chi connectivity index (χ0n) is 6.41. The first-order valence-electron chi connectivity index (χ1n) is 3.98. The quantitative estimate of drug-likeness (QED) is 0.600. The van der Waals surface area contributed by atoms with Crippen molar-refractivity contribution in [3.8, 4) is 0 Å². The summed E-state index contributed by atoms with van der Waals surface area (Å²) in [6.45, 7) is 1.06. The average molecular weight is 160 g/mol. The molecule has 0 saturated carbocycles. The smallest absolute Gasteiger partial charge is 0.117 e. The van der Waals surface area contributed by atoms with Crippen LogP contribution in [0.4, 0.5) is 0 Å². The number of hydrogen-bond acceptors (Lipinski definition) is 3. The van der Waals surface area contributed by atoms with Crippen molar-refractivity contribution in [2.45, 2.75) is 6.04 Å². The van der Waals surface area contributed by atoms with E-state index in [4.69, 9.17) is 0 Å². The number of aromatic nitrogens is 3. The van der Waals surface area contributed by atoms with Gasteiger partial charge in [0.05, 0.1) is 0 Å². The van der Waals surface area contributed by atoms with Crippen molar-refractivity contribution in [1.29, 1.82) is 0 Å². The molecule has 0 radical (unpaired) electrons. The van der Waals surface area contributed by atoms with E-state index in [9.17, 15) is 0 Å². The molecule has 1 atom stereocenters. The van der Waals surface area contributed by atoms with Gasteiger partial charge in [0, 0.05) is 18.2 Å². The molecule has 3 rings (SSSR count). The van der Waals surface area contributed by atoms with E-state index in [1.807, 2.05) is 12.1 Å². The van der Waals surface area contributed by atoms with Crippen molar-refractivity contribution in [2.24, 2.45) is 0 Å². The fourth-order valence-corrected chi connectivity index (χ4v) is 1.45. The van der Waals surface area contributed by atoms with Crippen LogP contribution < -0.4 is 5.32 Å². The van der Waals surface area contributed by atoms with Crippen LogP contribution in [0, 0.1) is 0 Å². The highest BCUT2D eigenvalue weighted by atomic mass is 15.3. The van der Waals surface area contributed by atoms with Gasteiger partial charge in [0.2, 0.25) is 0 Å². The molecular weight excluding hydrogens is 152 g/mol. The number of benzene rings is 1. The molecule has 1 aliphatic rings. The molecular formula is C8H8N4. The van der Waals surface area contributed by atoms with Crippen LogP contribution >= 0.6 is 0 Å². The third-order valence-corrected chi connectivity index (χ3v) is 2.16. The minimum absolute atomic E-state index is 0.499. The molecule has 4 heteroatoms. The fourth-order valence-electron chi connectivity index (χ4n) is 1.45. The van der Waals surface area contributed by atoms with Crippen LogP contribution in [0.3, 0.4) is 0 Å². The van der Waals surface area contributed by atoms with Gasteiger partial charge in [-0.2, -0.15) is 15.4 Å². The van der Waals surface area contributed by atoms with Crippen molar-refractivity contribution in [2.75, 3.05) is 6.54 Å². The van der Waals surface area contributed by atoms with Gasteiger partial charge in [0.25, 0.3) is 0 Å². The summed E-state index contributed by atoms with van der Waals surface area (Å²) in [5.74, 6) is 0. The Hall–Kier alpha value is -1.42. The van der Waals surface area contributed by atoms with Crippen LogP contribution in [0.1, 0.15) is 11.6 Å². The molecule has 4 nitrogen and oxygen atoms in total. The van der Waals surface area contributed by atoms with Crippen LogP contribution in [-0.4, -0.2) is 22.0 Å². The van der Waals surface area contributed by atoms with Crippen molar-refractivity contribution < 1.29 is 0 Å². The Morgan fingerprint density at radius 3 is 3.08 bits per heavy atom. The first kappa shape index (κ1) is 6.14. The summed E-state index contributed by atoms with van der Waals surface area (Å²) in [7, 11) is 0. The Kier molecular flexibility index (Phi) is 1.04. The Balaban J connectivity index is 2.32. The van der Waals surface area contributed by atoms with Crippen LogP contribution in [0.15, 0.2) is 18.2 Å². The predicted molar refractivity (Wildman–Crippen MR) is 44.6 cm³/mol. The SMILES string of the molecule is c1cc(C2CN2)c2n[nH]nc2c1. The van der Waals surface area contributed by atoms with Crippen molar-refractivity contribution in [3.63, 3.8) is 0 Å². The maximum atomic E-state index is 4.10. The Morgan fingerprint density at radius 2 is 2.25 bits per heavy atom. The largest absolute Gasteiger partial charge is 0.307 e. The molecule has 2 aromatic rings. The number of H-pyrrole nitrogens is 1. The maximum Gasteiger partial charge on any atom is 0.117 e. The highest BCUT2D eigenvalue weighted by Crippen LogP contribution is 2.26. The topological polar surface area (TPSA) is 63.5 Å². The lowest BCUT2D eigenvalue weighted by atomic mass is 10.1. The summed E-state index contributed by atoms with van der Waals surface area (Å²) in [6, 6.07) is 6.57. The van der Waals surface area contributed by atoms with Gasteiger partial charge < -0.3 is 5.32 Å². The van der Waals surface area contributed by atoms with Crippen molar-refractivity contribution >= 4 is 11.0 Å². The summed E-state index contributed by atoms with van der Waals surface area (Å²) in [5, 5.41) is 14.0. The summed E-state index contributed by atoms with van der Waals surface area (Å²) in [4.78, 5) is 0. The molecule has 0 bridgehead atoms. The number of fused-ring (bicyclic) bond motifs is 1. The van der Waals surface area contributed by atoms with E-state index in [2.05, 4.69) is 26.8 Å². The molecule has 1 fully saturated rings. The number of hydrogen-bond donors (Lipinski definition) is 2. The summed E-state index contributed by atoms with van der Waals surface area (Å²) >= 11 is 0. The molecule has 1 aliphatic heterocycles. The van der Waals surface area contributed by atoms with E-state index in [0.717, 1.165) is 17.6 Å². The number of nitrogens with zero attached hydrogens (tertiary/aromatic N) is 2. The van der Waals surface area contributed by atoms with Gasteiger partial charge in [-0.15, -0.1) is 0 Å². The average Bonchev–Trinajstić information content (AvgIpc) is 2.82. The van der Waals surface area contributed by atoms with Gasteiger partial charge in [0.15, 0.2) is 0 Å². The molecule has 1 aromatic carbocycles. The lowest BCUT2D eigenvalue weighted by Crippen LogP contribution is -1.85. The third kappa shape index (κ3) is 0.753. The van der Waals surface area contributed by atoms with Gasteiger partial charge in [-0.05, 0) is 6.07 Å².